The number of carbonyl (C=O) groups excluding carboxylic acids is 1. The third kappa shape index (κ3) is 4.51. The van der Waals surface area contributed by atoms with Gasteiger partial charge in [0.25, 0.3) is 0 Å². The van der Waals surface area contributed by atoms with Crippen LogP contribution >= 0.6 is 23.4 Å². The second-order valence-corrected chi connectivity index (χ2v) is 7.13. The molecule has 0 unspecified atom stereocenters. The van der Waals surface area contributed by atoms with Crippen molar-refractivity contribution >= 4 is 28.5 Å². The van der Waals surface area contributed by atoms with Crippen LogP contribution in [0.2, 0.25) is 5.02 Å². The molecule has 0 saturated heterocycles. The van der Waals surface area contributed by atoms with E-state index in [1.165, 1.54) is 0 Å². The summed E-state index contributed by atoms with van der Waals surface area (Å²) in [5, 5.41) is 11.4. The zero-order valence-electron chi connectivity index (χ0n) is 13.4. The lowest BCUT2D eigenvalue weighted by Crippen LogP contribution is -2.18. The number of aliphatic hydroxyl groups is 1. The Labute approximate surface area is 156 Å². The minimum absolute atomic E-state index is 0.0974. The van der Waals surface area contributed by atoms with E-state index in [1.54, 1.807) is 24.3 Å². The molecule has 0 aliphatic heterocycles. The molecule has 0 radical (unpaired) electrons. The lowest BCUT2D eigenvalue weighted by atomic mass is 9.90. The summed E-state index contributed by atoms with van der Waals surface area (Å²) in [5.41, 5.74) is 1.46. The number of benzene rings is 3. The first-order valence-electron chi connectivity index (χ1n) is 7.90. The van der Waals surface area contributed by atoms with Crippen LogP contribution in [0.5, 0.6) is 0 Å². The Balaban J connectivity index is 1.92. The van der Waals surface area contributed by atoms with Crippen LogP contribution in [0.25, 0.3) is 0 Å². The van der Waals surface area contributed by atoms with E-state index in [2.05, 4.69) is 0 Å². The number of thioether (sulfide) groups is 1. The van der Waals surface area contributed by atoms with Crippen molar-refractivity contribution in [2.75, 3.05) is 0 Å². The fourth-order valence-corrected chi connectivity index (χ4v) is 3.67. The molecule has 4 heteroatoms. The van der Waals surface area contributed by atoms with Crippen LogP contribution in [0.15, 0.2) is 89.8 Å². The number of hydrogen-bond acceptors (Lipinski definition) is 3. The Bertz CT molecular complexity index is 820. The first-order valence-corrected chi connectivity index (χ1v) is 9.10. The van der Waals surface area contributed by atoms with Crippen LogP contribution in [0.3, 0.4) is 0 Å². The topological polar surface area (TPSA) is 37.3 Å². The van der Waals surface area contributed by atoms with E-state index in [4.69, 9.17) is 11.6 Å². The molecule has 3 rings (SSSR count). The van der Waals surface area contributed by atoms with Gasteiger partial charge in [-0.1, -0.05) is 84.0 Å². The van der Waals surface area contributed by atoms with Crippen LogP contribution in [0.4, 0.5) is 0 Å². The van der Waals surface area contributed by atoms with E-state index >= 15 is 0 Å². The first kappa shape index (κ1) is 17.7. The molecule has 3 aromatic carbocycles. The standard InChI is InChI=1S/C21H17ClO2S/c22-17-13-11-16(12-14-17)20(23)19(15-7-3-1-4-8-15)21(24)25-18-9-5-2-6-10-18/h1-14,19-20,23H/t19-,20-/m1/s1. The summed E-state index contributed by atoms with van der Waals surface area (Å²) in [6.45, 7) is 0. The van der Waals surface area contributed by atoms with Crippen LogP contribution in [-0.4, -0.2) is 10.2 Å². The van der Waals surface area contributed by atoms with Crippen molar-refractivity contribution in [3.63, 3.8) is 0 Å². The van der Waals surface area contributed by atoms with Crippen molar-refractivity contribution in [2.24, 2.45) is 0 Å². The van der Waals surface area contributed by atoms with Gasteiger partial charge < -0.3 is 5.11 Å². The molecule has 0 heterocycles. The van der Waals surface area contributed by atoms with Crippen molar-refractivity contribution in [2.45, 2.75) is 16.9 Å². The third-order valence-corrected chi connectivity index (χ3v) is 5.12. The molecule has 0 saturated carbocycles. The maximum atomic E-state index is 13.0. The van der Waals surface area contributed by atoms with E-state index in [1.807, 2.05) is 60.7 Å². The maximum Gasteiger partial charge on any atom is 0.204 e. The second kappa shape index (κ2) is 8.34. The first-order chi connectivity index (χ1) is 12.1. The lowest BCUT2D eigenvalue weighted by Gasteiger charge is -2.22. The molecule has 2 nitrogen and oxygen atoms in total. The zero-order valence-corrected chi connectivity index (χ0v) is 15.0. The summed E-state index contributed by atoms with van der Waals surface area (Å²) in [6.07, 6.45) is -0.941. The molecule has 0 aliphatic rings. The van der Waals surface area contributed by atoms with Crippen LogP contribution in [0, 0.1) is 0 Å². The van der Waals surface area contributed by atoms with Gasteiger partial charge in [0, 0.05) is 9.92 Å². The van der Waals surface area contributed by atoms with Crippen molar-refractivity contribution in [3.05, 3.63) is 101 Å². The van der Waals surface area contributed by atoms with E-state index in [0.29, 0.717) is 10.6 Å². The smallest absolute Gasteiger partial charge is 0.204 e. The number of carbonyl (C=O) groups is 1. The molecule has 1 N–H and O–H groups in total. The van der Waals surface area contributed by atoms with Gasteiger partial charge in [-0.25, -0.2) is 0 Å². The predicted octanol–water partition coefficient (Wildman–Crippen LogP) is 5.48. The van der Waals surface area contributed by atoms with Crippen LogP contribution in [0.1, 0.15) is 23.1 Å². The van der Waals surface area contributed by atoms with Crippen LogP contribution in [-0.2, 0) is 4.79 Å². The van der Waals surface area contributed by atoms with Crippen molar-refractivity contribution in [1.29, 1.82) is 0 Å². The Morgan fingerprint density at radius 1 is 0.800 bits per heavy atom. The van der Waals surface area contributed by atoms with Gasteiger partial charge in [0.1, 0.15) is 0 Å². The van der Waals surface area contributed by atoms with E-state index in [9.17, 15) is 9.90 Å². The predicted molar refractivity (Wildman–Crippen MR) is 103 cm³/mol. The molecule has 0 aliphatic carbocycles. The van der Waals surface area contributed by atoms with Crippen molar-refractivity contribution in [1.82, 2.24) is 0 Å². The molecule has 0 aromatic heterocycles. The largest absolute Gasteiger partial charge is 0.387 e. The fourth-order valence-electron chi connectivity index (χ4n) is 2.63. The highest BCUT2D eigenvalue weighted by atomic mass is 35.5. The Morgan fingerprint density at radius 3 is 1.96 bits per heavy atom. The number of rotatable bonds is 5. The van der Waals surface area contributed by atoms with E-state index in [-0.39, 0.29) is 5.12 Å². The molecule has 0 bridgehead atoms. The third-order valence-electron chi connectivity index (χ3n) is 3.90. The summed E-state index contributed by atoms with van der Waals surface area (Å²) in [6, 6.07) is 25.8. The molecule has 0 spiro atoms. The van der Waals surface area contributed by atoms with Crippen molar-refractivity contribution in [3.8, 4) is 0 Å². The molecular weight excluding hydrogens is 352 g/mol. The highest BCUT2D eigenvalue weighted by Crippen LogP contribution is 2.37. The number of aliphatic hydroxyl groups excluding tert-OH is 1. The van der Waals surface area contributed by atoms with Gasteiger partial charge in [0.15, 0.2) is 0 Å². The van der Waals surface area contributed by atoms with Gasteiger partial charge in [0.2, 0.25) is 5.12 Å². The van der Waals surface area contributed by atoms with Crippen molar-refractivity contribution < 1.29 is 9.90 Å². The quantitative estimate of drug-likeness (QED) is 0.606. The summed E-state index contributed by atoms with van der Waals surface area (Å²) in [5.74, 6) is -0.660. The molecular formula is C21H17ClO2S. The monoisotopic (exact) mass is 368 g/mol. The second-order valence-electron chi connectivity index (χ2n) is 5.62. The van der Waals surface area contributed by atoms with E-state index in [0.717, 1.165) is 22.2 Å². The minimum Gasteiger partial charge on any atom is -0.387 e. The number of hydrogen-bond donors (Lipinski definition) is 1. The maximum absolute atomic E-state index is 13.0. The molecule has 3 aromatic rings. The lowest BCUT2D eigenvalue weighted by molar-refractivity contribution is -0.114. The molecule has 25 heavy (non-hydrogen) atoms. The van der Waals surface area contributed by atoms with Crippen LogP contribution < -0.4 is 0 Å². The van der Waals surface area contributed by atoms with Gasteiger partial charge >= 0.3 is 0 Å². The molecule has 0 fully saturated rings. The van der Waals surface area contributed by atoms with Gasteiger partial charge in [-0.2, -0.15) is 0 Å². The molecule has 126 valence electrons. The Hall–Kier alpha value is -2.07. The summed E-state index contributed by atoms with van der Waals surface area (Å²) in [4.78, 5) is 13.8. The van der Waals surface area contributed by atoms with E-state index < -0.39 is 12.0 Å². The zero-order chi connectivity index (χ0) is 17.6. The van der Waals surface area contributed by atoms with Gasteiger partial charge in [-0.05, 0) is 35.4 Å². The average molecular weight is 369 g/mol. The minimum atomic E-state index is -0.941. The normalized spacial score (nSPS) is 13.2. The van der Waals surface area contributed by atoms with Gasteiger partial charge in [-0.3, -0.25) is 4.79 Å². The average Bonchev–Trinajstić information content (AvgIpc) is 2.64. The van der Waals surface area contributed by atoms with Gasteiger partial charge in [0.05, 0.1) is 12.0 Å². The summed E-state index contributed by atoms with van der Waals surface area (Å²) < 4.78 is 0. The highest BCUT2D eigenvalue weighted by molar-refractivity contribution is 8.13. The summed E-state index contributed by atoms with van der Waals surface area (Å²) >= 11 is 7.08. The van der Waals surface area contributed by atoms with Gasteiger partial charge in [-0.15, -0.1) is 0 Å². The fraction of sp³-hybridized carbons (Fsp3) is 0.0952. The Morgan fingerprint density at radius 2 is 1.36 bits per heavy atom. The SMILES string of the molecule is O=C(Sc1ccccc1)[C@H](c1ccccc1)[C@H](O)c1ccc(Cl)cc1. The molecule has 2 atom stereocenters. The Kier molecular flexibility index (Phi) is 5.92. The number of halogens is 1. The summed E-state index contributed by atoms with van der Waals surface area (Å²) in [7, 11) is 0. The highest BCUT2D eigenvalue weighted by Gasteiger charge is 2.30. The molecule has 0 amide bonds.